The summed E-state index contributed by atoms with van der Waals surface area (Å²) in [7, 11) is 0. The van der Waals surface area contributed by atoms with E-state index in [1.165, 1.54) is 10.6 Å². The van der Waals surface area contributed by atoms with Gasteiger partial charge in [-0.25, -0.2) is 9.18 Å². The van der Waals surface area contributed by atoms with Gasteiger partial charge in [-0.3, -0.25) is 14.9 Å². The van der Waals surface area contributed by atoms with Gasteiger partial charge in [-0.15, -0.1) is 11.8 Å². The molecular formula is C33H30FN4O4S+. The highest BCUT2D eigenvalue weighted by molar-refractivity contribution is 8.00. The molecule has 1 N–H and O–H groups in total. The van der Waals surface area contributed by atoms with E-state index in [0.29, 0.717) is 47.4 Å². The molecule has 6 rings (SSSR count). The average Bonchev–Trinajstić information content (AvgIpc) is 3.34. The van der Waals surface area contributed by atoms with Crippen molar-refractivity contribution in [2.75, 3.05) is 18.0 Å². The van der Waals surface area contributed by atoms with E-state index in [0.717, 1.165) is 42.0 Å². The maximum absolute atomic E-state index is 14.4. The molecule has 2 saturated heterocycles. The lowest BCUT2D eigenvalue weighted by Crippen LogP contribution is -2.42. The van der Waals surface area contributed by atoms with Crippen LogP contribution in [0.3, 0.4) is 0 Å². The Kier molecular flexibility index (Phi) is 8.25. The second-order valence-electron chi connectivity index (χ2n) is 10.9. The fourth-order valence-corrected chi connectivity index (χ4v) is 6.84. The standard InChI is InChI=1S/C33H29FN4O4S/c34-28-16-22(17-35)6-10-29(28)37-14-12-25(13-15-37)43-24-8-4-21(5-9-24)20-42-30-3-1-2-26-27(30)19-38(33(26)41)18-23-7-11-31(39)36-32(23)40/h1-6,8-10,16,18,23,25H,7,11-15,19-20H2/p+1/b38-18+. The first-order valence-corrected chi connectivity index (χ1v) is 15.2. The van der Waals surface area contributed by atoms with Crippen molar-refractivity contribution in [2.45, 2.75) is 49.0 Å². The van der Waals surface area contributed by atoms with Gasteiger partial charge >= 0.3 is 5.91 Å². The third-order valence-corrected chi connectivity index (χ3v) is 9.42. The number of piperidine rings is 2. The van der Waals surface area contributed by atoms with Crippen LogP contribution in [0.2, 0.25) is 0 Å². The molecule has 3 aliphatic heterocycles. The van der Waals surface area contributed by atoms with Crippen LogP contribution < -0.4 is 15.0 Å². The van der Waals surface area contributed by atoms with Crippen molar-refractivity contribution in [1.29, 1.82) is 5.26 Å². The molecule has 0 saturated carbocycles. The van der Waals surface area contributed by atoms with E-state index in [-0.39, 0.29) is 30.0 Å². The molecular weight excluding hydrogens is 567 g/mol. The number of carbonyl (C=O) groups excluding carboxylic acids is 3. The predicted octanol–water partition coefficient (Wildman–Crippen LogP) is 4.83. The first-order valence-electron chi connectivity index (χ1n) is 14.3. The zero-order valence-corrected chi connectivity index (χ0v) is 24.2. The number of thioether (sulfide) groups is 1. The number of nitriles is 1. The van der Waals surface area contributed by atoms with Crippen molar-refractivity contribution < 1.29 is 28.1 Å². The third kappa shape index (κ3) is 6.32. The van der Waals surface area contributed by atoms with Crippen molar-refractivity contribution in [3.63, 3.8) is 0 Å². The monoisotopic (exact) mass is 597 g/mol. The van der Waals surface area contributed by atoms with Gasteiger partial charge in [0.25, 0.3) is 0 Å². The zero-order chi connectivity index (χ0) is 29.9. The van der Waals surface area contributed by atoms with Crippen LogP contribution in [-0.4, -0.2) is 46.9 Å². The highest BCUT2D eigenvalue weighted by Crippen LogP contribution is 2.34. The van der Waals surface area contributed by atoms with Crippen molar-refractivity contribution in [1.82, 2.24) is 5.32 Å². The van der Waals surface area contributed by atoms with Crippen molar-refractivity contribution >= 4 is 41.4 Å². The van der Waals surface area contributed by atoms with E-state index in [2.05, 4.69) is 17.4 Å². The molecule has 0 radical (unpaired) electrons. The van der Waals surface area contributed by atoms with Gasteiger partial charge in [-0.05, 0) is 67.3 Å². The topological polar surface area (TPSA) is 103 Å². The molecule has 8 nitrogen and oxygen atoms in total. The van der Waals surface area contributed by atoms with E-state index in [4.69, 9.17) is 10.00 Å². The number of nitrogens with zero attached hydrogens (tertiary/aromatic N) is 3. The SMILES string of the molecule is N#Cc1ccc(N2CCC(Sc3ccc(COc4cccc5c4C/[N+](=C\C4CCC(=O)NC4=O)C5=O)cc3)CC2)c(F)c1. The van der Waals surface area contributed by atoms with E-state index in [1.807, 2.05) is 40.9 Å². The van der Waals surface area contributed by atoms with Crippen LogP contribution in [0.1, 0.15) is 52.7 Å². The summed E-state index contributed by atoms with van der Waals surface area (Å²) in [5.74, 6) is -1.07. The Bertz CT molecular complexity index is 1660. The molecule has 0 aromatic heterocycles. The molecule has 3 amide bonds. The molecule has 2 fully saturated rings. The number of fused-ring (bicyclic) bond motifs is 1. The molecule has 43 heavy (non-hydrogen) atoms. The average molecular weight is 598 g/mol. The van der Waals surface area contributed by atoms with E-state index in [9.17, 15) is 18.8 Å². The largest absolute Gasteiger partial charge is 0.488 e. The number of rotatable bonds is 7. The summed E-state index contributed by atoms with van der Waals surface area (Å²) in [6.07, 6.45) is 4.14. The Morgan fingerprint density at radius 2 is 1.86 bits per heavy atom. The first kappa shape index (κ1) is 28.6. The number of amides is 3. The van der Waals surface area contributed by atoms with Crippen LogP contribution in [0.5, 0.6) is 5.75 Å². The minimum absolute atomic E-state index is 0.181. The smallest absolute Gasteiger partial charge is 0.420 e. The molecule has 0 spiro atoms. The molecule has 3 aromatic rings. The summed E-state index contributed by atoms with van der Waals surface area (Å²) in [6.45, 7) is 2.19. The number of nitrogens with one attached hydrogen (secondary N) is 1. The Morgan fingerprint density at radius 3 is 2.58 bits per heavy atom. The molecule has 1 atom stereocenters. The Hall–Kier alpha value is -4.49. The summed E-state index contributed by atoms with van der Waals surface area (Å²) < 4.78 is 22.1. The zero-order valence-electron chi connectivity index (χ0n) is 23.4. The van der Waals surface area contributed by atoms with E-state index < -0.39 is 5.92 Å². The molecule has 1 unspecified atom stereocenters. The van der Waals surface area contributed by atoms with Crippen LogP contribution >= 0.6 is 11.8 Å². The van der Waals surface area contributed by atoms with Gasteiger partial charge in [0.2, 0.25) is 11.8 Å². The second-order valence-corrected chi connectivity index (χ2v) is 12.3. The normalized spacial score (nSPS) is 19.7. The molecule has 3 aromatic carbocycles. The lowest BCUT2D eigenvalue weighted by Gasteiger charge is -2.33. The van der Waals surface area contributed by atoms with Crippen LogP contribution in [0.15, 0.2) is 65.6 Å². The van der Waals surface area contributed by atoms with Crippen LogP contribution in [0.25, 0.3) is 0 Å². The van der Waals surface area contributed by atoms with Crippen molar-refractivity contribution in [3.05, 3.63) is 88.7 Å². The predicted molar refractivity (Wildman–Crippen MR) is 160 cm³/mol. The quantitative estimate of drug-likeness (QED) is 0.308. The molecule has 218 valence electrons. The van der Waals surface area contributed by atoms with Crippen molar-refractivity contribution in [2.24, 2.45) is 5.92 Å². The lowest BCUT2D eigenvalue weighted by atomic mass is 9.99. The number of hydrogen-bond acceptors (Lipinski definition) is 7. The number of benzene rings is 3. The number of anilines is 1. The lowest BCUT2D eigenvalue weighted by molar-refractivity contribution is -0.434. The highest BCUT2D eigenvalue weighted by Gasteiger charge is 2.38. The van der Waals surface area contributed by atoms with Gasteiger partial charge in [0, 0.05) is 29.7 Å². The summed E-state index contributed by atoms with van der Waals surface area (Å²) in [5.41, 5.74) is 3.23. The number of hydrogen-bond donors (Lipinski definition) is 1. The molecule has 10 heteroatoms. The number of ether oxygens (including phenoxy) is 1. The maximum atomic E-state index is 14.4. The minimum atomic E-state index is -0.519. The summed E-state index contributed by atoms with van der Waals surface area (Å²) in [5, 5.41) is 11.7. The number of imide groups is 1. The van der Waals surface area contributed by atoms with Gasteiger partial charge in [0.1, 0.15) is 29.7 Å². The first-order chi connectivity index (χ1) is 20.9. The van der Waals surface area contributed by atoms with Gasteiger partial charge < -0.3 is 9.64 Å². The Labute approximate surface area is 253 Å². The van der Waals surface area contributed by atoms with E-state index in [1.54, 1.807) is 30.5 Å². The van der Waals surface area contributed by atoms with Crippen LogP contribution in [-0.2, 0) is 22.7 Å². The summed E-state index contributed by atoms with van der Waals surface area (Å²) in [4.78, 5) is 39.9. The van der Waals surface area contributed by atoms with Crippen molar-refractivity contribution in [3.8, 4) is 11.8 Å². The van der Waals surface area contributed by atoms with Gasteiger partial charge in [-0.2, -0.15) is 9.84 Å². The minimum Gasteiger partial charge on any atom is -0.488 e. The Balaban J connectivity index is 1.02. The maximum Gasteiger partial charge on any atom is 0.420 e. The molecule has 3 aliphatic rings. The molecule has 0 aliphatic carbocycles. The van der Waals surface area contributed by atoms with Crippen LogP contribution in [0, 0.1) is 23.1 Å². The number of halogens is 1. The molecule has 3 heterocycles. The Morgan fingerprint density at radius 1 is 1.07 bits per heavy atom. The third-order valence-electron chi connectivity index (χ3n) is 8.07. The van der Waals surface area contributed by atoms with Gasteiger partial charge in [0.15, 0.2) is 12.8 Å². The highest BCUT2D eigenvalue weighted by atomic mass is 32.2. The summed E-state index contributed by atoms with van der Waals surface area (Å²) in [6, 6.07) is 20.3. The second kappa shape index (κ2) is 12.4. The fraction of sp³-hybridized carbons (Fsp3) is 0.303. The summed E-state index contributed by atoms with van der Waals surface area (Å²) >= 11 is 1.83. The van der Waals surface area contributed by atoms with Gasteiger partial charge in [0.05, 0.1) is 22.9 Å². The number of carbonyl (C=O) groups is 3. The van der Waals surface area contributed by atoms with Gasteiger partial charge in [-0.1, -0.05) is 18.2 Å². The molecule has 0 bridgehead atoms. The van der Waals surface area contributed by atoms with Crippen LogP contribution in [0.4, 0.5) is 10.1 Å². The fourth-order valence-electron chi connectivity index (χ4n) is 5.72. The van der Waals surface area contributed by atoms with E-state index >= 15 is 0 Å².